The van der Waals surface area contributed by atoms with E-state index < -0.39 is 0 Å². The minimum atomic E-state index is 0.437. The van der Waals surface area contributed by atoms with Gasteiger partial charge in [-0.2, -0.15) is 0 Å². The van der Waals surface area contributed by atoms with Gasteiger partial charge in [0.15, 0.2) is 0 Å². The second-order valence-corrected chi connectivity index (χ2v) is 4.62. The largest absolute Gasteiger partial charge is 0.300 e. The molecule has 1 saturated carbocycles. The maximum atomic E-state index is 11.2. The smallest absolute Gasteiger partial charge is 0.133 e. The first-order valence-electron chi connectivity index (χ1n) is 4.75. The van der Waals surface area contributed by atoms with Gasteiger partial charge in [0.25, 0.3) is 0 Å². The Bertz CT molecular complexity index is 278. The number of thioether (sulfide) groups is 1. The highest BCUT2D eigenvalue weighted by molar-refractivity contribution is 8.02. The van der Waals surface area contributed by atoms with Crippen molar-refractivity contribution in [3.63, 3.8) is 0 Å². The van der Waals surface area contributed by atoms with Gasteiger partial charge < -0.3 is 0 Å². The van der Waals surface area contributed by atoms with Gasteiger partial charge in [0.1, 0.15) is 5.78 Å². The van der Waals surface area contributed by atoms with Gasteiger partial charge in [-0.25, -0.2) is 0 Å². The Morgan fingerprint density at radius 3 is 3.08 bits per heavy atom. The molecule has 0 spiro atoms. The molecule has 0 aromatic carbocycles. The third-order valence-electron chi connectivity index (χ3n) is 2.89. The number of ketones is 1. The van der Waals surface area contributed by atoms with E-state index in [0.717, 1.165) is 19.3 Å². The van der Waals surface area contributed by atoms with E-state index in [2.05, 4.69) is 24.5 Å². The van der Waals surface area contributed by atoms with E-state index in [4.69, 9.17) is 0 Å². The van der Waals surface area contributed by atoms with Crippen LogP contribution in [0.5, 0.6) is 0 Å². The van der Waals surface area contributed by atoms with Crippen molar-refractivity contribution in [2.24, 2.45) is 11.8 Å². The van der Waals surface area contributed by atoms with Gasteiger partial charge in [-0.15, -0.1) is 11.8 Å². The quantitative estimate of drug-likeness (QED) is 0.638. The van der Waals surface area contributed by atoms with Crippen molar-refractivity contribution in [2.75, 3.05) is 6.26 Å². The molecule has 0 saturated heterocycles. The van der Waals surface area contributed by atoms with Crippen LogP contribution in [0, 0.1) is 11.8 Å². The van der Waals surface area contributed by atoms with Gasteiger partial charge in [-0.1, -0.05) is 18.2 Å². The van der Waals surface area contributed by atoms with E-state index in [9.17, 15) is 4.79 Å². The first-order chi connectivity index (χ1) is 6.29. The van der Waals surface area contributed by atoms with Gasteiger partial charge >= 0.3 is 0 Å². The normalized spacial score (nSPS) is 32.7. The number of fused-ring (bicyclic) bond motifs is 1. The van der Waals surface area contributed by atoms with Crippen molar-refractivity contribution in [3.05, 3.63) is 23.1 Å². The summed E-state index contributed by atoms with van der Waals surface area (Å²) in [5.41, 5.74) is 0. The molecule has 2 heteroatoms. The van der Waals surface area contributed by atoms with Crippen molar-refractivity contribution < 1.29 is 4.79 Å². The summed E-state index contributed by atoms with van der Waals surface area (Å²) in [4.78, 5) is 12.6. The van der Waals surface area contributed by atoms with Crippen LogP contribution in [0.3, 0.4) is 0 Å². The molecule has 13 heavy (non-hydrogen) atoms. The molecule has 2 aliphatic carbocycles. The van der Waals surface area contributed by atoms with Crippen molar-refractivity contribution in [1.29, 1.82) is 0 Å². The number of allylic oxidation sites excluding steroid dienone is 3. The summed E-state index contributed by atoms with van der Waals surface area (Å²) in [5, 5.41) is 0. The van der Waals surface area contributed by atoms with E-state index in [-0.39, 0.29) is 0 Å². The Labute approximate surface area is 83.3 Å². The van der Waals surface area contributed by atoms with Crippen LogP contribution in [0.25, 0.3) is 0 Å². The fourth-order valence-corrected chi connectivity index (χ4v) is 2.62. The first kappa shape index (κ1) is 9.07. The molecule has 1 nitrogen and oxygen atoms in total. The lowest BCUT2D eigenvalue weighted by atomic mass is 9.76. The zero-order valence-corrected chi connectivity index (χ0v) is 8.64. The van der Waals surface area contributed by atoms with E-state index in [1.165, 1.54) is 4.91 Å². The lowest BCUT2D eigenvalue weighted by Gasteiger charge is -2.29. The Balaban J connectivity index is 2.11. The Hall–Kier alpha value is -0.500. The van der Waals surface area contributed by atoms with Crippen LogP contribution in [0.15, 0.2) is 23.1 Å². The second kappa shape index (κ2) is 3.70. The van der Waals surface area contributed by atoms with Gasteiger partial charge in [0, 0.05) is 17.7 Å². The molecular formula is C11H14OS. The Morgan fingerprint density at radius 2 is 2.31 bits per heavy atom. The third-order valence-corrected chi connectivity index (χ3v) is 3.64. The van der Waals surface area contributed by atoms with Crippen molar-refractivity contribution >= 4 is 17.5 Å². The molecule has 0 aromatic rings. The number of Topliss-reactive ketones (excluding diaryl/α,β-unsaturated/α-hetero) is 1. The molecular weight excluding hydrogens is 180 g/mol. The van der Waals surface area contributed by atoms with Gasteiger partial charge in [-0.3, -0.25) is 4.79 Å². The van der Waals surface area contributed by atoms with Crippen molar-refractivity contribution in [1.82, 2.24) is 0 Å². The average molecular weight is 194 g/mol. The molecule has 70 valence electrons. The maximum absolute atomic E-state index is 11.2. The topological polar surface area (TPSA) is 17.1 Å². The zero-order valence-electron chi connectivity index (χ0n) is 7.82. The molecule has 1 fully saturated rings. The van der Waals surface area contributed by atoms with E-state index in [0.29, 0.717) is 17.6 Å². The van der Waals surface area contributed by atoms with Crippen LogP contribution in [0.4, 0.5) is 0 Å². The summed E-state index contributed by atoms with van der Waals surface area (Å²) in [7, 11) is 0. The summed E-state index contributed by atoms with van der Waals surface area (Å²) < 4.78 is 0. The fourth-order valence-electron chi connectivity index (χ4n) is 2.10. The highest BCUT2D eigenvalue weighted by Gasteiger charge is 2.27. The summed E-state index contributed by atoms with van der Waals surface area (Å²) in [6.45, 7) is 0. The van der Waals surface area contributed by atoms with E-state index in [1.54, 1.807) is 11.8 Å². The van der Waals surface area contributed by atoms with Crippen LogP contribution < -0.4 is 0 Å². The molecule has 0 N–H and O–H groups in total. The van der Waals surface area contributed by atoms with Crippen LogP contribution >= 0.6 is 11.8 Å². The molecule has 2 unspecified atom stereocenters. The molecule has 0 heterocycles. The van der Waals surface area contributed by atoms with Crippen molar-refractivity contribution in [3.8, 4) is 0 Å². The Kier molecular flexibility index (Phi) is 2.58. The first-order valence-corrected chi connectivity index (χ1v) is 5.98. The van der Waals surface area contributed by atoms with Crippen LogP contribution in [-0.4, -0.2) is 12.0 Å². The van der Waals surface area contributed by atoms with E-state index >= 15 is 0 Å². The zero-order chi connectivity index (χ0) is 9.26. The molecule has 2 aliphatic rings. The summed E-state index contributed by atoms with van der Waals surface area (Å²) in [5.74, 6) is 1.56. The minimum Gasteiger partial charge on any atom is -0.300 e. The van der Waals surface area contributed by atoms with Gasteiger partial charge in [0.05, 0.1) is 0 Å². The molecule has 0 amide bonds. The van der Waals surface area contributed by atoms with Gasteiger partial charge in [0.2, 0.25) is 0 Å². The predicted molar refractivity (Wildman–Crippen MR) is 56.6 cm³/mol. The molecule has 0 radical (unpaired) electrons. The molecule has 2 atom stereocenters. The number of carbonyl (C=O) groups is 1. The lowest BCUT2D eigenvalue weighted by molar-refractivity contribution is -0.121. The van der Waals surface area contributed by atoms with E-state index in [1.807, 2.05) is 0 Å². The predicted octanol–water partition coefficient (Wildman–Crippen LogP) is 2.79. The van der Waals surface area contributed by atoms with Crippen molar-refractivity contribution in [2.45, 2.75) is 19.3 Å². The Morgan fingerprint density at radius 1 is 1.46 bits per heavy atom. The highest BCUT2D eigenvalue weighted by Crippen LogP contribution is 2.36. The molecule has 0 aromatic heterocycles. The van der Waals surface area contributed by atoms with Gasteiger partial charge in [-0.05, 0) is 24.5 Å². The van der Waals surface area contributed by atoms with Crippen LogP contribution in [0.2, 0.25) is 0 Å². The summed E-state index contributed by atoms with van der Waals surface area (Å²) in [6.07, 6.45) is 11.4. The number of hydrogen-bond acceptors (Lipinski definition) is 2. The highest BCUT2D eigenvalue weighted by atomic mass is 32.2. The SMILES string of the molecule is CSC1=CC2CCC(=O)CC2C=C1. The lowest BCUT2D eigenvalue weighted by Crippen LogP contribution is -2.23. The number of rotatable bonds is 1. The summed E-state index contributed by atoms with van der Waals surface area (Å²) >= 11 is 1.79. The average Bonchev–Trinajstić information content (AvgIpc) is 2.17. The number of carbonyl (C=O) groups excluding carboxylic acids is 1. The standard InChI is InChI=1S/C11H14OS/c1-13-11-5-3-8-6-10(12)4-2-9(8)7-11/h3,5,7-9H,2,4,6H2,1H3. The fraction of sp³-hybridized carbons (Fsp3) is 0.545. The molecule has 0 aliphatic heterocycles. The second-order valence-electron chi connectivity index (χ2n) is 3.74. The van der Waals surface area contributed by atoms with Crippen LogP contribution in [0.1, 0.15) is 19.3 Å². The van der Waals surface area contributed by atoms with Crippen LogP contribution in [-0.2, 0) is 4.79 Å². The minimum absolute atomic E-state index is 0.437. The summed E-state index contributed by atoms with van der Waals surface area (Å²) in [6, 6.07) is 0. The third kappa shape index (κ3) is 1.88. The molecule has 0 bridgehead atoms. The molecule has 2 rings (SSSR count). The number of hydrogen-bond donors (Lipinski definition) is 0. The monoisotopic (exact) mass is 194 g/mol. The maximum Gasteiger partial charge on any atom is 0.133 e.